The van der Waals surface area contributed by atoms with Gasteiger partial charge in [0, 0.05) is 38.7 Å². The molecule has 3 aromatic rings. The number of amides is 1. The Labute approximate surface area is 190 Å². The van der Waals surface area contributed by atoms with Crippen LogP contribution in [0.1, 0.15) is 12.0 Å². The van der Waals surface area contributed by atoms with Crippen molar-refractivity contribution in [1.82, 2.24) is 9.88 Å². The van der Waals surface area contributed by atoms with Crippen LogP contribution in [0.15, 0.2) is 42.5 Å². The van der Waals surface area contributed by atoms with Crippen molar-refractivity contribution in [3.63, 3.8) is 0 Å². The van der Waals surface area contributed by atoms with E-state index in [1.807, 2.05) is 30.3 Å². The van der Waals surface area contributed by atoms with Crippen LogP contribution in [0.2, 0.25) is 0 Å². The van der Waals surface area contributed by atoms with Gasteiger partial charge in [0.25, 0.3) is 0 Å². The van der Waals surface area contributed by atoms with E-state index in [4.69, 9.17) is 4.74 Å². The summed E-state index contributed by atoms with van der Waals surface area (Å²) < 4.78 is 33.5. The number of nitrogens with zero attached hydrogens (tertiary/aromatic N) is 3. The summed E-state index contributed by atoms with van der Waals surface area (Å²) in [5, 5.41) is 0.404. The third kappa shape index (κ3) is 5.98. The summed E-state index contributed by atoms with van der Waals surface area (Å²) in [5.41, 5.74) is 1.18. The molecule has 1 fully saturated rings. The topological polar surface area (TPSA) is 45.7 Å². The van der Waals surface area contributed by atoms with E-state index < -0.39 is 11.6 Å². The number of fused-ring (bicyclic) bond motifs is 1. The van der Waals surface area contributed by atoms with Crippen molar-refractivity contribution in [1.29, 1.82) is 0 Å². The fourth-order valence-electron chi connectivity index (χ4n) is 3.49. The maximum absolute atomic E-state index is 14.1. The lowest BCUT2D eigenvalue weighted by atomic mass is 10.1. The molecule has 1 aliphatic rings. The Hall–Kier alpha value is -2.13. The Kier molecular flexibility index (Phi) is 8.31. The SMILES string of the molecule is Cl.O=C(CCc1ccccc1)N(CCN1CCOCC1)c1nc2c(F)cc(F)cc2s1. The van der Waals surface area contributed by atoms with E-state index >= 15 is 0 Å². The van der Waals surface area contributed by atoms with Crippen molar-refractivity contribution in [3.8, 4) is 0 Å². The van der Waals surface area contributed by atoms with Gasteiger partial charge in [0.15, 0.2) is 10.9 Å². The van der Waals surface area contributed by atoms with Crippen LogP contribution < -0.4 is 4.90 Å². The summed E-state index contributed by atoms with van der Waals surface area (Å²) >= 11 is 1.14. The highest BCUT2D eigenvalue weighted by molar-refractivity contribution is 7.22. The molecular formula is C22H24ClF2N3O2S. The second kappa shape index (κ2) is 10.9. The number of benzene rings is 2. The zero-order valence-corrected chi connectivity index (χ0v) is 18.6. The summed E-state index contributed by atoms with van der Waals surface area (Å²) in [4.78, 5) is 21.3. The molecular weight excluding hydrogens is 444 g/mol. The molecule has 0 N–H and O–H groups in total. The number of ether oxygens (including phenoxy) is 1. The molecule has 9 heteroatoms. The molecule has 0 aliphatic carbocycles. The number of halogens is 3. The van der Waals surface area contributed by atoms with Gasteiger partial charge in [-0.25, -0.2) is 13.8 Å². The predicted octanol–water partition coefficient (Wildman–Crippen LogP) is 4.29. The van der Waals surface area contributed by atoms with E-state index in [0.29, 0.717) is 49.0 Å². The van der Waals surface area contributed by atoms with E-state index in [-0.39, 0.29) is 23.8 Å². The second-order valence-electron chi connectivity index (χ2n) is 7.22. The van der Waals surface area contributed by atoms with E-state index in [1.165, 1.54) is 6.07 Å². The van der Waals surface area contributed by atoms with Crippen molar-refractivity contribution in [2.24, 2.45) is 0 Å². The molecule has 1 aromatic heterocycles. The fraction of sp³-hybridized carbons (Fsp3) is 0.364. The Morgan fingerprint density at radius 3 is 2.65 bits per heavy atom. The van der Waals surface area contributed by atoms with Gasteiger partial charge in [0.2, 0.25) is 5.91 Å². The van der Waals surface area contributed by atoms with E-state index in [2.05, 4.69) is 9.88 Å². The fourth-order valence-corrected chi connectivity index (χ4v) is 4.53. The molecule has 0 spiro atoms. The number of hydrogen-bond donors (Lipinski definition) is 0. The zero-order chi connectivity index (χ0) is 20.9. The minimum atomic E-state index is -0.711. The lowest BCUT2D eigenvalue weighted by Gasteiger charge is -2.29. The van der Waals surface area contributed by atoms with Crippen LogP contribution in [-0.2, 0) is 16.0 Å². The molecule has 4 rings (SSSR count). The van der Waals surface area contributed by atoms with Crippen LogP contribution in [0, 0.1) is 11.6 Å². The van der Waals surface area contributed by atoms with Gasteiger partial charge in [-0.15, -0.1) is 12.4 Å². The molecule has 5 nitrogen and oxygen atoms in total. The summed E-state index contributed by atoms with van der Waals surface area (Å²) in [7, 11) is 0. The van der Waals surface area contributed by atoms with Gasteiger partial charge in [-0.1, -0.05) is 41.7 Å². The van der Waals surface area contributed by atoms with Crippen LogP contribution in [0.25, 0.3) is 10.2 Å². The smallest absolute Gasteiger partial charge is 0.229 e. The van der Waals surface area contributed by atoms with Gasteiger partial charge in [-0.2, -0.15) is 0 Å². The largest absolute Gasteiger partial charge is 0.379 e. The van der Waals surface area contributed by atoms with Gasteiger partial charge in [-0.3, -0.25) is 14.6 Å². The molecule has 2 aromatic carbocycles. The molecule has 0 radical (unpaired) electrons. The highest BCUT2D eigenvalue weighted by Crippen LogP contribution is 2.31. The molecule has 0 bridgehead atoms. The first kappa shape index (κ1) is 23.5. The van der Waals surface area contributed by atoms with Gasteiger partial charge in [0.05, 0.1) is 17.9 Å². The molecule has 1 saturated heterocycles. The lowest BCUT2D eigenvalue weighted by molar-refractivity contribution is -0.118. The first-order valence-electron chi connectivity index (χ1n) is 10.00. The molecule has 0 atom stereocenters. The van der Waals surface area contributed by atoms with Crippen LogP contribution in [-0.4, -0.2) is 55.2 Å². The number of thiazole rings is 1. The van der Waals surface area contributed by atoms with Gasteiger partial charge >= 0.3 is 0 Å². The van der Waals surface area contributed by atoms with Gasteiger partial charge in [0.1, 0.15) is 11.3 Å². The van der Waals surface area contributed by atoms with Crippen molar-refractivity contribution in [2.75, 3.05) is 44.3 Å². The third-order valence-electron chi connectivity index (χ3n) is 5.15. The number of morpholine rings is 1. The minimum absolute atomic E-state index is 0. The highest BCUT2D eigenvalue weighted by atomic mass is 35.5. The average Bonchev–Trinajstić information content (AvgIpc) is 3.18. The minimum Gasteiger partial charge on any atom is -0.379 e. The summed E-state index contributed by atoms with van der Waals surface area (Å²) in [6.07, 6.45) is 0.932. The Morgan fingerprint density at radius 2 is 1.90 bits per heavy atom. The van der Waals surface area contributed by atoms with Crippen LogP contribution in [0.4, 0.5) is 13.9 Å². The monoisotopic (exact) mass is 467 g/mol. The normalized spacial score (nSPS) is 14.4. The van der Waals surface area contributed by atoms with Crippen LogP contribution in [0.5, 0.6) is 0 Å². The van der Waals surface area contributed by atoms with E-state index in [9.17, 15) is 13.6 Å². The number of carbonyl (C=O) groups is 1. The summed E-state index contributed by atoms with van der Waals surface area (Å²) in [6, 6.07) is 11.9. The van der Waals surface area contributed by atoms with Crippen molar-refractivity contribution in [2.45, 2.75) is 12.8 Å². The third-order valence-corrected chi connectivity index (χ3v) is 6.17. The number of anilines is 1. The van der Waals surface area contributed by atoms with Crippen LogP contribution >= 0.6 is 23.7 Å². The molecule has 166 valence electrons. The number of aromatic nitrogens is 1. The quantitative estimate of drug-likeness (QED) is 0.520. The molecule has 0 saturated carbocycles. The Bertz CT molecular complexity index is 1010. The molecule has 1 aliphatic heterocycles. The van der Waals surface area contributed by atoms with Gasteiger partial charge in [-0.05, 0) is 18.1 Å². The maximum atomic E-state index is 14.1. The number of carbonyl (C=O) groups excluding carboxylic acids is 1. The first-order chi connectivity index (χ1) is 14.6. The van der Waals surface area contributed by atoms with Crippen molar-refractivity contribution >= 4 is 45.0 Å². The zero-order valence-electron chi connectivity index (χ0n) is 16.9. The lowest BCUT2D eigenvalue weighted by Crippen LogP contribution is -2.43. The summed E-state index contributed by atoms with van der Waals surface area (Å²) in [6.45, 7) is 4.09. The number of aryl methyl sites for hydroxylation is 1. The Balaban J connectivity index is 0.00000272. The highest BCUT2D eigenvalue weighted by Gasteiger charge is 2.22. The van der Waals surface area contributed by atoms with E-state index in [0.717, 1.165) is 36.1 Å². The molecule has 1 amide bonds. The van der Waals surface area contributed by atoms with Crippen molar-refractivity contribution < 1.29 is 18.3 Å². The van der Waals surface area contributed by atoms with Crippen LogP contribution in [0.3, 0.4) is 0 Å². The first-order valence-corrected chi connectivity index (χ1v) is 10.8. The average molecular weight is 468 g/mol. The number of rotatable bonds is 7. The molecule has 2 heterocycles. The maximum Gasteiger partial charge on any atom is 0.229 e. The molecule has 0 unspecified atom stereocenters. The van der Waals surface area contributed by atoms with Crippen molar-refractivity contribution in [3.05, 3.63) is 59.7 Å². The Morgan fingerprint density at radius 1 is 1.16 bits per heavy atom. The predicted molar refractivity (Wildman–Crippen MR) is 121 cm³/mol. The standard InChI is InChI=1S/C22H23F2N3O2S.ClH/c23-17-14-18(24)21-19(15-17)30-22(25-21)27(9-8-26-10-12-29-13-11-26)20(28)7-6-16-4-2-1-3-5-16;/h1-5,14-15H,6-13H2;1H. The summed E-state index contributed by atoms with van der Waals surface area (Å²) in [5.74, 6) is -1.44. The molecule has 31 heavy (non-hydrogen) atoms. The second-order valence-corrected chi connectivity index (χ2v) is 8.22. The number of hydrogen-bond acceptors (Lipinski definition) is 5. The van der Waals surface area contributed by atoms with Gasteiger partial charge < -0.3 is 4.74 Å². The van der Waals surface area contributed by atoms with E-state index in [1.54, 1.807) is 4.90 Å².